The number of amides is 1. The minimum atomic E-state index is -4.75. The molecule has 0 atom stereocenters. The lowest BCUT2D eigenvalue weighted by Crippen LogP contribution is -2.25. The number of nitrogens with one attached hydrogen (secondary N) is 1. The average Bonchev–Trinajstić information content (AvgIpc) is 3.23. The molecule has 142 valence electrons. The summed E-state index contributed by atoms with van der Waals surface area (Å²) in [5.41, 5.74) is 1.31. The van der Waals surface area contributed by atoms with Crippen LogP contribution in [0.25, 0.3) is 10.4 Å². The standard InChI is InChI=1S/C18H16F3N3O2S/c1-24-11-13(10-23-24)16-7-6-15(27-16)8-9-22-17(25)12-2-4-14(5-3-12)26-18(19,20)21/h2-7,10-11H,8-9H2,1H3,(H,22,25). The van der Waals surface area contributed by atoms with Crippen LogP contribution >= 0.6 is 11.3 Å². The summed E-state index contributed by atoms with van der Waals surface area (Å²) in [4.78, 5) is 14.3. The van der Waals surface area contributed by atoms with E-state index in [1.165, 1.54) is 12.1 Å². The first kappa shape index (κ1) is 19.0. The van der Waals surface area contributed by atoms with Gasteiger partial charge in [0.1, 0.15) is 5.75 Å². The number of thiophene rings is 1. The topological polar surface area (TPSA) is 56.2 Å². The van der Waals surface area contributed by atoms with Gasteiger partial charge in [0.15, 0.2) is 0 Å². The fraction of sp³-hybridized carbons (Fsp3) is 0.222. The Bertz CT molecular complexity index is 917. The normalized spacial score (nSPS) is 11.4. The van der Waals surface area contributed by atoms with Gasteiger partial charge < -0.3 is 10.1 Å². The fourth-order valence-electron chi connectivity index (χ4n) is 2.43. The number of benzene rings is 1. The molecule has 0 bridgehead atoms. The number of hydrogen-bond acceptors (Lipinski definition) is 4. The SMILES string of the molecule is Cn1cc(-c2ccc(CCNC(=O)c3ccc(OC(F)(F)F)cc3)s2)cn1. The van der Waals surface area contributed by atoms with E-state index < -0.39 is 6.36 Å². The molecule has 0 unspecified atom stereocenters. The average molecular weight is 395 g/mol. The third kappa shape index (κ3) is 5.33. The molecule has 0 fully saturated rings. The highest BCUT2D eigenvalue weighted by Crippen LogP contribution is 2.27. The van der Waals surface area contributed by atoms with Crippen molar-refractivity contribution >= 4 is 17.2 Å². The van der Waals surface area contributed by atoms with Crippen LogP contribution in [-0.4, -0.2) is 28.6 Å². The minimum absolute atomic E-state index is 0.270. The molecule has 0 saturated carbocycles. The molecule has 3 aromatic rings. The van der Waals surface area contributed by atoms with Crippen LogP contribution in [0.4, 0.5) is 13.2 Å². The summed E-state index contributed by atoms with van der Waals surface area (Å²) in [7, 11) is 1.86. The van der Waals surface area contributed by atoms with Crippen molar-refractivity contribution in [2.75, 3.05) is 6.54 Å². The van der Waals surface area contributed by atoms with E-state index >= 15 is 0 Å². The molecule has 1 amide bonds. The van der Waals surface area contributed by atoms with Gasteiger partial charge in [-0.25, -0.2) is 0 Å². The van der Waals surface area contributed by atoms with Crippen molar-refractivity contribution in [1.29, 1.82) is 0 Å². The summed E-state index contributed by atoms with van der Waals surface area (Å²) in [5, 5.41) is 6.90. The largest absolute Gasteiger partial charge is 0.573 e. The third-order valence-electron chi connectivity index (χ3n) is 3.66. The molecule has 0 aliphatic carbocycles. The lowest BCUT2D eigenvalue weighted by atomic mass is 10.2. The maximum atomic E-state index is 12.1. The molecular weight excluding hydrogens is 379 g/mol. The number of carbonyl (C=O) groups excluding carboxylic acids is 1. The zero-order valence-electron chi connectivity index (χ0n) is 14.3. The van der Waals surface area contributed by atoms with E-state index in [1.807, 2.05) is 25.4 Å². The quantitative estimate of drug-likeness (QED) is 0.686. The van der Waals surface area contributed by atoms with E-state index in [4.69, 9.17) is 0 Å². The van der Waals surface area contributed by atoms with Crippen molar-refractivity contribution in [3.05, 3.63) is 59.2 Å². The number of alkyl halides is 3. The number of rotatable bonds is 6. The first-order chi connectivity index (χ1) is 12.8. The van der Waals surface area contributed by atoms with Gasteiger partial charge in [-0.15, -0.1) is 24.5 Å². The zero-order chi connectivity index (χ0) is 19.4. The number of ether oxygens (including phenoxy) is 1. The van der Waals surface area contributed by atoms with E-state index in [1.54, 1.807) is 22.2 Å². The van der Waals surface area contributed by atoms with Crippen LogP contribution < -0.4 is 10.1 Å². The molecule has 0 radical (unpaired) electrons. The lowest BCUT2D eigenvalue weighted by Gasteiger charge is -2.09. The molecule has 0 aliphatic rings. The molecule has 5 nitrogen and oxygen atoms in total. The van der Waals surface area contributed by atoms with Crippen LogP contribution in [0.1, 0.15) is 15.2 Å². The maximum Gasteiger partial charge on any atom is 0.573 e. The van der Waals surface area contributed by atoms with E-state index in [2.05, 4.69) is 15.2 Å². The van der Waals surface area contributed by atoms with Gasteiger partial charge in [0, 0.05) is 40.7 Å². The van der Waals surface area contributed by atoms with E-state index in [0.29, 0.717) is 13.0 Å². The molecule has 0 spiro atoms. The molecule has 1 aromatic carbocycles. The monoisotopic (exact) mass is 395 g/mol. The second kappa shape index (κ2) is 7.83. The molecule has 27 heavy (non-hydrogen) atoms. The molecule has 3 rings (SSSR count). The molecular formula is C18H16F3N3O2S. The van der Waals surface area contributed by atoms with Crippen molar-refractivity contribution in [3.63, 3.8) is 0 Å². The summed E-state index contributed by atoms with van der Waals surface area (Å²) in [6.45, 7) is 0.423. The van der Waals surface area contributed by atoms with Crippen molar-refractivity contribution in [2.45, 2.75) is 12.8 Å². The molecule has 1 N–H and O–H groups in total. The van der Waals surface area contributed by atoms with Crippen molar-refractivity contribution in [3.8, 4) is 16.2 Å². The summed E-state index contributed by atoms with van der Waals surface area (Å²) < 4.78 is 41.9. The molecule has 2 heterocycles. The van der Waals surface area contributed by atoms with Gasteiger partial charge in [-0.05, 0) is 42.8 Å². The van der Waals surface area contributed by atoms with E-state index in [9.17, 15) is 18.0 Å². The van der Waals surface area contributed by atoms with Crippen LogP contribution in [0.5, 0.6) is 5.75 Å². The Kier molecular flexibility index (Phi) is 5.50. The van der Waals surface area contributed by atoms with Crippen LogP contribution in [0, 0.1) is 0 Å². The second-order valence-electron chi connectivity index (χ2n) is 5.75. The van der Waals surface area contributed by atoms with Crippen molar-refractivity contribution in [2.24, 2.45) is 7.05 Å². The van der Waals surface area contributed by atoms with Crippen LogP contribution in [0.3, 0.4) is 0 Å². The second-order valence-corrected chi connectivity index (χ2v) is 6.92. The number of carbonyl (C=O) groups is 1. The van der Waals surface area contributed by atoms with Gasteiger partial charge >= 0.3 is 6.36 Å². The van der Waals surface area contributed by atoms with Gasteiger partial charge in [0.05, 0.1) is 6.20 Å². The smallest absolute Gasteiger partial charge is 0.406 e. The Labute approximate surface area is 157 Å². The van der Waals surface area contributed by atoms with Crippen molar-refractivity contribution < 1.29 is 22.7 Å². The summed E-state index contributed by atoms with van der Waals surface area (Å²) in [6.07, 6.45) is -0.363. The highest BCUT2D eigenvalue weighted by Gasteiger charge is 2.31. The Morgan fingerprint density at radius 2 is 1.96 bits per heavy atom. The number of hydrogen-bond donors (Lipinski definition) is 1. The summed E-state index contributed by atoms with van der Waals surface area (Å²) in [5.74, 6) is -0.710. The van der Waals surface area contributed by atoms with Crippen LogP contribution in [0.15, 0.2) is 48.8 Å². The van der Waals surface area contributed by atoms with Crippen molar-refractivity contribution in [1.82, 2.24) is 15.1 Å². The Hall–Kier alpha value is -2.81. The molecule has 0 aliphatic heterocycles. The summed E-state index contributed by atoms with van der Waals surface area (Å²) in [6, 6.07) is 8.83. The predicted molar refractivity (Wildman–Crippen MR) is 95.7 cm³/mol. The lowest BCUT2D eigenvalue weighted by molar-refractivity contribution is -0.274. The Morgan fingerprint density at radius 1 is 1.22 bits per heavy atom. The maximum absolute atomic E-state index is 12.1. The van der Waals surface area contributed by atoms with Gasteiger partial charge in [0.2, 0.25) is 0 Å². The Balaban J connectivity index is 1.50. The molecule has 9 heteroatoms. The first-order valence-electron chi connectivity index (χ1n) is 8.02. The van der Waals surface area contributed by atoms with Gasteiger partial charge in [0.25, 0.3) is 5.91 Å². The van der Waals surface area contributed by atoms with Crippen LogP contribution in [-0.2, 0) is 13.5 Å². The number of aromatic nitrogens is 2. The highest BCUT2D eigenvalue weighted by molar-refractivity contribution is 7.15. The number of nitrogens with zero attached hydrogens (tertiary/aromatic N) is 2. The highest BCUT2D eigenvalue weighted by atomic mass is 32.1. The Morgan fingerprint density at radius 3 is 2.59 bits per heavy atom. The number of halogens is 3. The minimum Gasteiger partial charge on any atom is -0.406 e. The third-order valence-corrected chi connectivity index (χ3v) is 4.85. The van der Waals surface area contributed by atoms with Gasteiger partial charge in [-0.3, -0.25) is 9.48 Å². The molecule has 0 saturated heterocycles. The first-order valence-corrected chi connectivity index (χ1v) is 8.83. The van der Waals surface area contributed by atoms with E-state index in [0.717, 1.165) is 27.5 Å². The van der Waals surface area contributed by atoms with E-state index in [-0.39, 0.29) is 17.2 Å². The number of aryl methyl sites for hydroxylation is 1. The summed E-state index contributed by atoms with van der Waals surface area (Å²) >= 11 is 1.63. The zero-order valence-corrected chi connectivity index (χ0v) is 15.1. The molecule has 2 aromatic heterocycles. The fourth-order valence-corrected chi connectivity index (χ4v) is 3.41. The van der Waals surface area contributed by atoms with Gasteiger partial charge in [-0.1, -0.05) is 0 Å². The van der Waals surface area contributed by atoms with Gasteiger partial charge in [-0.2, -0.15) is 5.10 Å². The predicted octanol–water partition coefficient (Wildman–Crippen LogP) is 4.02. The van der Waals surface area contributed by atoms with Crippen LogP contribution in [0.2, 0.25) is 0 Å².